The largest absolute Gasteiger partial charge is 0.289 e. The summed E-state index contributed by atoms with van der Waals surface area (Å²) in [6, 6.07) is 0. The summed E-state index contributed by atoms with van der Waals surface area (Å²) in [6.45, 7) is 1.99. The highest BCUT2D eigenvalue weighted by molar-refractivity contribution is 14.1. The van der Waals surface area contributed by atoms with Gasteiger partial charge >= 0.3 is 0 Å². The SMILES string of the molecule is IN1CCCO1. The van der Waals surface area contributed by atoms with Gasteiger partial charge in [-0.1, -0.05) is 0 Å². The van der Waals surface area contributed by atoms with Gasteiger partial charge in [0.1, 0.15) is 0 Å². The molecule has 0 radical (unpaired) electrons. The number of hydrogen-bond acceptors (Lipinski definition) is 2. The smallest absolute Gasteiger partial charge is 0.0708 e. The van der Waals surface area contributed by atoms with Crippen molar-refractivity contribution in [2.75, 3.05) is 13.2 Å². The predicted molar refractivity (Wildman–Crippen MR) is 31.3 cm³/mol. The molecule has 0 bridgehead atoms. The van der Waals surface area contributed by atoms with E-state index in [1.54, 1.807) is 0 Å². The third-order valence-electron chi connectivity index (χ3n) is 0.710. The van der Waals surface area contributed by atoms with Crippen molar-refractivity contribution < 1.29 is 4.84 Å². The third-order valence-corrected chi connectivity index (χ3v) is 1.47. The molecule has 2 nitrogen and oxygen atoms in total. The maximum absolute atomic E-state index is 4.97. The molecule has 1 aliphatic rings. The summed E-state index contributed by atoms with van der Waals surface area (Å²) in [7, 11) is 0. The molecule has 0 aromatic rings. The third kappa shape index (κ3) is 1.06. The van der Waals surface area contributed by atoms with E-state index in [0.29, 0.717) is 0 Å². The number of nitrogens with zero attached hydrogens (tertiary/aromatic N) is 1. The van der Waals surface area contributed by atoms with Gasteiger partial charge in [-0.15, -0.1) is 3.28 Å². The molecule has 1 aliphatic heterocycles. The van der Waals surface area contributed by atoms with Crippen LogP contribution in [0.3, 0.4) is 0 Å². The fraction of sp³-hybridized carbons (Fsp3) is 1.00. The normalized spacial score (nSPS) is 25.5. The minimum absolute atomic E-state index is 0.906. The zero-order chi connectivity index (χ0) is 4.41. The van der Waals surface area contributed by atoms with E-state index in [9.17, 15) is 0 Å². The minimum atomic E-state index is 0.906. The van der Waals surface area contributed by atoms with Crippen LogP contribution < -0.4 is 0 Å². The highest BCUT2D eigenvalue weighted by atomic mass is 127. The lowest BCUT2D eigenvalue weighted by molar-refractivity contribution is 0.00247. The van der Waals surface area contributed by atoms with Crippen LogP contribution in [0.4, 0.5) is 0 Å². The standard InChI is InChI=1S/C3H6INO/c4-5-2-1-3-6-5/h1-3H2. The molecule has 0 spiro atoms. The first kappa shape index (κ1) is 4.80. The van der Waals surface area contributed by atoms with Crippen molar-refractivity contribution in [1.29, 1.82) is 0 Å². The summed E-state index contributed by atoms with van der Waals surface area (Å²) in [5, 5.41) is 0. The topological polar surface area (TPSA) is 12.5 Å². The lowest BCUT2D eigenvalue weighted by Gasteiger charge is -1.97. The Morgan fingerprint density at radius 2 is 2.50 bits per heavy atom. The molecule has 1 heterocycles. The van der Waals surface area contributed by atoms with Gasteiger partial charge < -0.3 is 0 Å². The highest BCUT2D eigenvalue weighted by Gasteiger charge is 2.06. The Labute approximate surface area is 50.9 Å². The summed E-state index contributed by atoms with van der Waals surface area (Å²) in [4.78, 5) is 4.97. The monoisotopic (exact) mass is 199 g/mol. The second-order valence-corrected chi connectivity index (χ2v) is 2.30. The molecule has 0 aliphatic carbocycles. The van der Waals surface area contributed by atoms with Crippen molar-refractivity contribution in [3.63, 3.8) is 0 Å². The molecule has 0 saturated carbocycles. The second-order valence-electron chi connectivity index (χ2n) is 1.23. The summed E-state index contributed by atoms with van der Waals surface area (Å²) in [5.74, 6) is 0. The maximum atomic E-state index is 4.97. The predicted octanol–water partition coefficient (Wildman–Crippen LogP) is 0.974. The van der Waals surface area contributed by atoms with E-state index >= 15 is 0 Å². The summed E-state index contributed by atoms with van der Waals surface area (Å²) in [6.07, 6.45) is 1.18. The summed E-state index contributed by atoms with van der Waals surface area (Å²) >= 11 is 2.14. The molecular weight excluding hydrogens is 193 g/mol. The fourth-order valence-electron chi connectivity index (χ4n) is 0.417. The fourth-order valence-corrected chi connectivity index (χ4v) is 0.955. The number of hydroxylamine groups is 1. The van der Waals surface area contributed by atoms with E-state index in [1.165, 1.54) is 6.42 Å². The van der Waals surface area contributed by atoms with E-state index in [4.69, 9.17) is 4.84 Å². The van der Waals surface area contributed by atoms with Crippen molar-refractivity contribution in [3.8, 4) is 0 Å². The quantitative estimate of drug-likeness (QED) is 0.425. The van der Waals surface area contributed by atoms with Gasteiger partial charge in [0.25, 0.3) is 0 Å². The number of hydrogen-bond donors (Lipinski definition) is 0. The molecule has 0 aromatic carbocycles. The molecule has 6 heavy (non-hydrogen) atoms. The van der Waals surface area contributed by atoms with Crippen LogP contribution in [-0.2, 0) is 4.84 Å². The average molecular weight is 199 g/mol. The van der Waals surface area contributed by atoms with Crippen LogP contribution in [0.2, 0.25) is 0 Å². The van der Waals surface area contributed by atoms with Gasteiger partial charge in [-0.05, 0) is 6.42 Å². The molecule has 0 N–H and O–H groups in total. The van der Waals surface area contributed by atoms with Crippen LogP contribution in [0, 0.1) is 0 Å². The molecule has 1 fully saturated rings. The zero-order valence-electron chi connectivity index (χ0n) is 3.35. The van der Waals surface area contributed by atoms with Crippen molar-refractivity contribution >= 4 is 22.9 Å². The number of halogens is 1. The van der Waals surface area contributed by atoms with Crippen LogP contribution in [0.15, 0.2) is 0 Å². The Balaban J connectivity index is 2.18. The summed E-state index contributed by atoms with van der Waals surface area (Å²) in [5.41, 5.74) is 0. The van der Waals surface area contributed by atoms with Gasteiger partial charge in [0.2, 0.25) is 0 Å². The Hall–Kier alpha value is 0.650. The van der Waals surface area contributed by atoms with E-state index in [2.05, 4.69) is 22.9 Å². The summed E-state index contributed by atoms with van der Waals surface area (Å²) < 4.78 is 1.83. The van der Waals surface area contributed by atoms with Gasteiger partial charge in [-0.25, -0.2) is 0 Å². The lowest BCUT2D eigenvalue weighted by atomic mass is 10.5. The number of rotatable bonds is 0. The molecule has 1 saturated heterocycles. The van der Waals surface area contributed by atoms with Crippen molar-refractivity contribution in [2.24, 2.45) is 0 Å². The molecule has 0 amide bonds. The average Bonchev–Trinajstić information content (AvgIpc) is 1.86. The first-order valence-corrected chi connectivity index (χ1v) is 2.92. The molecule has 36 valence electrons. The molecule has 0 atom stereocenters. The first-order valence-electron chi connectivity index (χ1n) is 1.96. The molecule has 3 heteroatoms. The van der Waals surface area contributed by atoms with Gasteiger partial charge in [-0.2, -0.15) is 0 Å². The van der Waals surface area contributed by atoms with Crippen LogP contribution in [-0.4, -0.2) is 16.4 Å². The lowest BCUT2D eigenvalue weighted by Crippen LogP contribution is -1.99. The van der Waals surface area contributed by atoms with Crippen LogP contribution in [0.25, 0.3) is 0 Å². The van der Waals surface area contributed by atoms with E-state index in [1.807, 2.05) is 3.28 Å². The van der Waals surface area contributed by atoms with Crippen LogP contribution in [0.5, 0.6) is 0 Å². The van der Waals surface area contributed by atoms with E-state index < -0.39 is 0 Å². The second kappa shape index (κ2) is 2.09. The molecule has 0 aromatic heterocycles. The van der Waals surface area contributed by atoms with Gasteiger partial charge in [0.05, 0.1) is 6.61 Å². The Morgan fingerprint density at radius 3 is 2.67 bits per heavy atom. The van der Waals surface area contributed by atoms with Crippen molar-refractivity contribution in [3.05, 3.63) is 0 Å². The molecule has 1 rings (SSSR count). The van der Waals surface area contributed by atoms with Gasteiger partial charge in [-0.3, -0.25) is 4.84 Å². The first-order chi connectivity index (χ1) is 2.89. The Morgan fingerprint density at radius 1 is 1.67 bits per heavy atom. The maximum Gasteiger partial charge on any atom is 0.0708 e. The van der Waals surface area contributed by atoms with Crippen LogP contribution >= 0.6 is 22.9 Å². The minimum Gasteiger partial charge on any atom is -0.289 e. The van der Waals surface area contributed by atoms with Gasteiger partial charge in [0.15, 0.2) is 0 Å². The van der Waals surface area contributed by atoms with E-state index in [0.717, 1.165) is 13.2 Å². The highest BCUT2D eigenvalue weighted by Crippen LogP contribution is 2.07. The van der Waals surface area contributed by atoms with Crippen molar-refractivity contribution in [1.82, 2.24) is 3.28 Å². The van der Waals surface area contributed by atoms with Crippen LogP contribution in [0.1, 0.15) is 6.42 Å². The Kier molecular flexibility index (Phi) is 1.67. The van der Waals surface area contributed by atoms with Gasteiger partial charge in [0, 0.05) is 29.4 Å². The van der Waals surface area contributed by atoms with E-state index in [-0.39, 0.29) is 0 Å². The zero-order valence-corrected chi connectivity index (χ0v) is 5.51. The van der Waals surface area contributed by atoms with Crippen molar-refractivity contribution in [2.45, 2.75) is 6.42 Å². The Bertz CT molecular complexity index is 44.1. The molecule has 0 unspecified atom stereocenters. The molecular formula is C3H6INO.